The summed E-state index contributed by atoms with van der Waals surface area (Å²) in [6, 6.07) is 10.7. The zero-order valence-corrected chi connectivity index (χ0v) is 11.2. The Morgan fingerprint density at radius 2 is 1.88 bits per heavy atom. The standard InChI is InChI=1S/C17H24/c1-3-4-5-9-12-17(2)14-16(17)13-15-10-7-6-8-11-15/h6-8,10-11,13H,3-5,9,12,14H2,1-2H3/b16-13+/t17-/m0/s1. The summed E-state index contributed by atoms with van der Waals surface area (Å²) in [5.74, 6) is 0. The average Bonchev–Trinajstić information content (AvgIpc) is 2.97. The second-order valence-electron chi connectivity index (χ2n) is 5.63. The number of rotatable bonds is 6. The van der Waals surface area contributed by atoms with Crippen LogP contribution in [0.4, 0.5) is 0 Å². The van der Waals surface area contributed by atoms with Gasteiger partial charge in [0, 0.05) is 0 Å². The van der Waals surface area contributed by atoms with Gasteiger partial charge in [-0.05, 0) is 23.8 Å². The van der Waals surface area contributed by atoms with Crippen molar-refractivity contribution in [3.63, 3.8) is 0 Å². The van der Waals surface area contributed by atoms with Crippen LogP contribution in [0.3, 0.4) is 0 Å². The molecule has 0 unspecified atom stereocenters. The summed E-state index contributed by atoms with van der Waals surface area (Å²) in [5, 5.41) is 0. The third-order valence-corrected chi connectivity index (χ3v) is 3.95. The minimum absolute atomic E-state index is 0.531. The first kappa shape index (κ1) is 12.4. The van der Waals surface area contributed by atoms with Gasteiger partial charge in [0.1, 0.15) is 0 Å². The summed E-state index contributed by atoms with van der Waals surface area (Å²) in [7, 11) is 0. The van der Waals surface area contributed by atoms with E-state index in [1.165, 1.54) is 44.1 Å². The topological polar surface area (TPSA) is 0 Å². The summed E-state index contributed by atoms with van der Waals surface area (Å²) in [6.07, 6.45) is 10.6. The van der Waals surface area contributed by atoms with Crippen LogP contribution in [0, 0.1) is 5.41 Å². The van der Waals surface area contributed by atoms with Gasteiger partial charge in [0.2, 0.25) is 0 Å². The van der Waals surface area contributed by atoms with E-state index >= 15 is 0 Å². The lowest BCUT2D eigenvalue weighted by molar-refractivity contribution is 0.494. The quantitative estimate of drug-likeness (QED) is 0.568. The minimum Gasteiger partial charge on any atom is -0.0654 e. The Hall–Kier alpha value is -1.04. The molecule has 1 fully saturated rings. The van der Waals surface area contributed by atoms with Crippen LogP contribution in [0.15, 0.2) is 35.9 Å². The second-order valence-corrected chi connectivity index (χ2v) is 5.63. The van der Waals surface area contributed by atoms with Crippen molar-refractivity contribution in [3.05, 3.63) is 41.5 Å². The van der Waals surface area contributed by atoms with Crippen molar-refractivity contribution in [3.8, 4) is 0 Å². The fourth-order valence-corrected chi connectivity index (χ4v) is 2.54. The van der Waals surface area contributed by atoms with Crippen LogP contribution in [-0.4, -0.2) is 0 Å². The van der Waals surface area contributed by atoms with Crippen molar-refractivity contribution < 1.29 is 0 Å². The van der Waals surface area contributed by atoms with Gasteiger partial charge >= 0.3 is 0 Å². The lowest BCUT2D eigenvalue weighted by atomic mass is 9.98. The molecule has 0 spiro atoms. The fourth-order valence-electron chi connectivity index (χ4n) is 2.54. The number of hydrogen-bond acceptors (Lipinski definition) is 0. The first-order valence-electron chi connectivity index (χ1n) is 7.01. The average molecular weight is 228 g/mol. The molecule has 0 heteroatoms. The highest BCUT2D eigenvalue weighted by molar-refractivity contribution is 5.59. The zero-order chi connectivity index (χ0) is 12.1. The molecule has 0 N–H and O–H groups in total. The van der Waals surface area contributed by atoms with E-state index in [1.54, 1.807) is 5.57 Å². The summed E-state index contributed by atoms with van der Waals surface area (Å²) < 4.78 is 0. The predicted molar refractivity (Wildman–Crippen MR) is 75.9 cm³/mol. The molecule has 2 rings (SSSR count). The maximum absolute atomic E-state index is 2.42. The molecule has 0 saturated heterocycles. The Kier molecular flexibility index (Phi) is 4.04. The molecule has 1 aromatic carbocycles. The van der Waals surface area contributed by atoms with Gasteiger partial charge in [0.05, 0.1) is 0 Å². The van der Waals surface area contributed by atoms with Gasteiger partial charge < -0.3 is 0 Å². The molecule has 1 atom stereocenters. The summed E-state index contributed by atoms with van der Waals surface area (Å²) in [5.41, 5.74) is 3.55. The number of hydrogen-bond donors (Lipinski definition) is 0. The van der Waals surface area contributed by atoms with E-state index in [1.807, 2.05) is 0 Å². The Balaban J connectivity index is 1.84. The third kappa shape index (κ3) is 3.46. The van der Waals surface area contributed by atoms with Gasteiger partial charge in [-0.3, -0.25) is 0 Å². The van der Waals surface area contributed by atoms with Gasteiger partial charge in [-0.2, -0.15) is 0 Å². The monoisotopic (exact) mass is 228 g/mol. The zero-order valence-electron chi connectivity index (χ0n) is 11.2. The molecule has 0 aromatic heterocycles. The first-order chi connectivity index (χ1) is 8.24. The van der Waals surface area contributed by atoms with Crippen molar-refractivity contribution in [1.29, 1.82) is 0 Å². The van der Waals surface area contributed by atoms with E-state index in [4.69, 9.17) is 0 Å². The molecule has 92 valence electrons. The molecule has 1 aromatic rings. The molecule has 0 amide bonds. The molecular formula is C17H24. The predicted octanol–water partition coefficient (Wildman–Crippen LogP) is 5.45. The maximum Gasteiger partial charge on any atom is -0.00753 e. The molecule has 1 aliphatic carbocycles. The summed E-state index contributed by atoms with van der Waals surface area (Å²) >= 11 is 0. The molecule has 0 heterocycles. The van der Waals surface area contributed by atoms with Crippen LogP contribution in [0.2, 0.25) is 0 Å². The number of unbranched alkanes of at least 4 members (excludes halogenated alkanes) is 3. The molecule has 17 heavy (non-hydrogen) atoms. The molecule has 1 aliphatic rings. The van der Waals surface area contributed by atoms with E-state index in [-0.39, 0.29) is 0 Å². The van der Waals surface area contributed by atoms with Crippen LogP contribution >= 0.6 is 0 Å². The maximum atomic E-state index is 2.42. The van der Waals surface area contributed by atoms with E-state index in [0.717, 1.165) is 0 Å². The molecule has 0 radical (unpaired) electrons. The smallest absolute Gasteiger partial charge is 0.00753 e. The van der Waals surface area contributed by atoms with Gasteiger partial charge in [-0.15, -0.1) is 0 Å². The fraction of sp³-hybridized carbons (Fsp3) is 0.529. The van der Waals surface area contributed by atoms with Crippen LogP contribution < -0.4 is 0 Å². The van der Waals surface area contributed by atoms with Crippen LogP contribution in [0.1, 0.15) is 57.9 Å². The van der Waals surface area contributed by atoms with Gasteiger partial charge in [-0.1, -0.05) is 81.5 Å². The van der Waals surface area contributed by atoms with E-state index < -0.39 is 0 Å². The third-order valence-electron chi connectivity index (χ3n) is 3.95. The van der Waals surface area contributed by atoms with Crippen molar-refractivity contribution >= 4 is 6.08 Å². The largest absolute Gasteiger partial charge is 0.0654 e. The lowest BCUT2D eigenvalue weighted by Crippen LogP contribution is -1.93. The minimum atomic E-state index is 0.531. The van der Waals surface area contributed by atoms with Crippen molar-refractivity contribution in [2.75, 3.05) is 0 Å². The van der Waals surface area contributed by atoms with Gasteiger partial charge in [-0.25, -0.2) is 0 Å². The lowest BCUT2D eigenvalue weighted by Gasteiger charge is -2.06. The Bertz CT molecular complexity index is 374. The molecule has 1 saturated carbocycles. The van der Waals surface area contributed by atoms with Gasteiger partial charge in [0.15, 0.2) is 0 Å². The van der Waals surface area contributed by atoms with E-state index in [2.05, 4.69) is 50.3 Å². The molecular weight excluding hydrogens is 204 g/mol. The van der Waals surface area contributed by atoms with Crippen molar-refractivity contribution in [2.45, 2.75) is 52.4 Å². The Morgan fingerprint density at radius 3 is 2.59 bits per heavy atom. The van der Waals surface area contributed by atoms with E-state index in [0.29, 0.717) is 5.41 Å². The highest BCUT2D eigenvalue weighted by Crippen LogP contribution is 2.56. The van der Waals surface area contributed by atoms with E-state index in [9.17, 15) is 0 Å². The number of allylic oxidation sites excluding steroid dienone is 1. The normalized spacial score (nSPS) is 25.2. The highest BCUT2D eigenvalue weighted by atomic mass is 14.5. The van der Waals surface area contributed by atoms with Gasteiger partial charge in [0.25, 0.3) is 0 Å². The van der Waals surface area contributed by atoms with Crippen molar-refractivity contribution in [1.82, 2.24) is 0 Å². The highest BCUT2D eigenvalue weighted by Gasteiger charge is 2.42. The SMILES string of the molecule is CCCCCC[C@@]1(C)C/C1=C\c1ccccc1. The van der Waals surface area contributed by atoms with Crippen LogP contribution in [-0.2, 0) is 0 Å². The summed E-state index contributed by atoms with van der Waals surface area (Å²) in [4.78, 5) is 0. The van der Waals surface area contributed by atoms with Crippen LogP contribution in [0.25, 0.3) is 6.08 Å². The summed E-state index contributed by atoms with van der Waals surface area (Å²) in [6.45, 7) is 4.70. The molecule has 0 nitrogen and oxygen atoms in total. The molecule has 0 bridgehead atoms. The Labute approximate surface area is 106 Å². The first-order valence-corrected chi connectivity index (χ1v) is 7.01. The van der Waals surface area contributed by atoms with Crippen molar-refractivity contribution in [2.24, 2.45) is 5.41 Å². The van der Waals surface area contributed by atoms with Crippen LogP contribution in [0.5, 0.6) is 0 Å². The Morgan fingerprint density at radius 1 is 1.12 bits per heavy atom. The second kappa shape index (κ2) is 5.53. The molecule has 0 aliphatic heterocycles. The number of benzene rings is 1.